The molecule has 2 aromatic carbocycles. The summed E-state index contributed by atoms with van der Waals surface area (Å²) >= 11 is 1.23. The summed E-state index contributed by atoms with van der Waals surface area (Å²) in [7, 11) is 3.10. The van der Waals surface area contributed by atoms with Crippen LogP contribution < -0.4 is 14.8 Å². The molecule has 0 saturated carbocycles. The fourth-order valence-corrected chi connectivity index (χ4v) is 4.73. The van der Waals surface area contributed by atoms with Crippen molar-refractivity contribution in [3.05, 3.63) is 48.0 Å². The van der Waals surface area contributed by atoms with Crippen LogP contribution in [0.4, 0.5) is 11.4 Å². The number of benzene rings is 2. The Hall–Kier alpha value is -3.33. The van der Waals surface area contributed by atoms with Gasteiger partial charge >= 0.3 is 0 Å². The molecule has 178 valence electrons. The third-order valence-electron chi connectivity index (χ3n) is 5.51. The maximum atomic E-state index is 13.3. The number of nitrogens with zero attached hydrogens (tertiary/aromatic N) is 3. The highest BCUT2D eigenvalue weighted by Gasteiger charge is 2.42. The van der Waals surface area contributed by atoms with Gasteiger partial charge in [0, 0.05) is 29.4 Å². The first kappa shape index (κ1) is 23.8. The van der Waals surface area contributed by atoms with Crippen LogP contribution in [0.25, 0.3) is 0 Å². The van der Waals surface area contributed by atoms with Gasteiger partial charge in [0.05, 0.1) is 25.2 Å². The highest BCUT2D eigenvalue weighted by atomic mass is 32.2. The van der Waals surface area contributed by atoms with E-state index in [1.54, 1.807) is 44.2 Å². The van der Waals surface area contributed by atoms with E-state index in [1.807, 2.05) is 24.3 Å². The normalized spacial score (nSPS) is 17.5. The van der Waals surface area contributed by atoms with Crippen molar-refractivity contribution in [2.45, 2.75) is 38.5 Å². The number of hydrogen-bond acceptors (Lipinski definition) is 7. The zero-order chi connectivity index (χ0) is 24.4. The molecule has 0 spiro atoms. The van der Waals surface area contributed by atoms with Crippen LogP contribution in [-0.2, 0) is 9.59 Å². The standard InChI is InChI=1S/C25H28N4O4S/c1-14(2)10-21-24(31)29-22(27-21)19-8-6-7-9-20(19)28-25(29)34-15(3)23(30)26-16-11-17(32-4)13-18(12-16)33-5/h6-9,11-15,21H,10H2,1-5H3,(H,26,30). The maximum Gasteiger partial charge on any atom is 0.259 e. The molecule has 0 fully saturated rings. The average Bonchev–Trinajstić information content (AvgIpc) is 3.14. The molecule has 2 heterocycles. The van der Waals surface area contributed by atoms with Gasteiger partial charge in [0.25, 0.3) is 5.91 Å². The number of nitrogens with one attached hydrogen (secondary N) is 1. The van der Waals surface area contributed by atoms with Gasteiger partial charge in [-0.25, -0.2) is 9.89 Å². The number of fused-ring (bicyclic) bond motifs is 3. The highest BCUT2D eigenvalue weighted by molar-refractivity contribution is 8.15. The van der Waals surface area contributed by atoms with E-state index in [2.05, 4.69) is 19.2 Å². The molecule has 2 aliphatic heterocycles. The first-order chi connectivity index (χ1) is 16.3. The first-order valence-electron chi connectivity index (χ1n) is 11.1. The largest absolute Gasteiger partial charge is 0.497 e. The molecule has 2 aromatic rings. The van der Waals surface area contributed by atoms with Gasteiger partial charge in [-0.2, -0.15) is 0 Å². The Morgan fingerprint density at radius 3 is 2.44 bits per heavy atom. The lowest BCUT2D eigenvalue weighted by Gasteiger charge is -2.27. The Morgan fingerprint density at radius 2 is 1.79 bits per heavy atom. The minimum absolute atomic E-state index is 0.102. The van der Waals surface area contributed by atoms with E-state index < -0.39 is 11.3 Å². The van der Waals surface area contributed by atoms with Gasteiger partial charge in [0.1, 0.15) is 23.4 Å². The van der Waals surface area contributed by atoms with Crippen LogP contribution in [0.1, 0.15) is 32.8 Å². The fraction of sp³-hybridized carbons (Fsp3) is 0.360. The summed E-state index contributed by atoms with van der Waals surface area (Å²) in [6.45, 7) is 5.92. The zero-order valence-corrected chi connectivity index (χ0v) is 20.7. The number of hydrogen-bond donors (Lipinski definition) is 1. The molecule has 2 amide bonds. The minimum Gasteiger partial charge on any atom is -0.497 e. The van der Waals surface area contributed by atoms with Crippen molar-refractivity contribution < 1.29 is 19.1 Å². The second-order valence-electron chi connectivity index (χ2n) is 8.53. The van der Waals surface area contributed by atoms with Gasteiger partial charge in [-0.1, -0.05) is 37.7 Å². The zero-order valence-electron chi connectivity index (χ0n) is 19.9. The second kappa shape index (κ2) is 9.89. The third-order valence-corrected chi connectivity index (χ3v) is 6.57. The lowest BCUT2D eigenvalue weighted by atomic mass is 10.0. The summed E-state index contributed by atoms with van der Waals surface area (Å²) in [4.78, 5) is 37.3. The molecule has 1 N–H and O–H groups in total. The van der Waals surface area contributed by atoms with E-state index in [1.165, 1.54) is 11.8 Å². The molecule has 0 radical (unpaired) electrons. The smallest absolute Gasteiger partial charge is 0.259 e. The predicted octanol–water partition coefficient (Wildman–Crippen LogP) is 4.47. The number of methoxy groups -OCH3 is 2. The van der Waals surface area contributed by atoms with Crippen LogP contribution in [0, 0.1) is 5.92 Å². The number of amides is 2. The molecule has 0 saturated heterocycles. The summed E-state index contributed by atoms with van der Waals surface area (Å²) < 4.78 is 10.6. The van der Waals surface area contributed by atoms with E-state index in [0.29, 0.717) is 40.5 Å². The number of anilines is 1. The van der Waals surface area contributed by atoms with E-state index in [-0.39, 0.29) is 11.8 Å². The fourth-order valence-electron chi connectivity index (χ4n) is 3.82. The number of carbonyl (C=O) groups is 2. The average molecular weight is 481 g/mol. The van der Waals surface area contributed by atoms with Crippen LogP contribution in [0.5, 0.6) is 11.5 Å². The Kier molecular flexibility index (Phi) is 6.92. The number of carbonyl (C=O) groups excluding carboxylic acids is 2. The molecule has 0 aliphatic carbocycles. The van der Waals surface area contributed by atoms with E-state index in [0.717, 1.165) is 11.3 Å². The second-order valence-corrected chi connectivity index (χ2v) is 9.84. The summed E-state index contributed by atoms with van der Waals surface area (Å²) in [6, 6.07) is 12.3. The van der Waals surface area contributed by atoms with Crippen LogP contribution >= 0.6 is 11.8 Å². The highest BCUT2D eigenvalue weighted by Crippen LogP contribution is 2.36. The van der Waals surface area contributed by atoms with Gasteiger partial charge in [-0.05, 0) is 31.4 Å². The van der Waals surface area contributed by atoms with Crippen LogP contribution in [0.3, 0.4) is 0 Å². The molecular weight excluding hydrogens is 452 g/mol. The molecule has 0 aromatic heterocycles. The van der Waals surface area contributed by atoms with Crippen LogP contribution in [0.2, 0.25) is 0 Å². The summed E-state index contributed by atoms with van der Waals surface area (Å²) in [6.07, 6.45) is 0.659. The number of amidine groups is 2. The Balaban J connectivity index is 1.57. The summed E-state index contributed by atoms with van der Waals surface area (Å²) in [5, 5.41) is 2.83. The summed E-state index contributed by atoms with van der Waals surface area (Å²) in [5.41, 5.74) is 2.12. The molecule has 34 heavy (non-hydrogen) atoms. The molecule has 9 heteroatoms. The lowest BCUT2D eigenvalue weighted by Crippen LogP contribution is -2.42. The van der Waals surface area contributed by atoms with Crippen molar-refractivity contribution in [2.75, 3.05) is 19.5 Å². The van der Waals surface area contributed by atoms with Crippen molar-refractivity contribution >= 4 is 46.0 Å². The van der Waals surface area contributed by atoms with E-state index >= 15 is 0 Å². The van der Waals surface area contributed by atoms with Crippen molar-refractivity contribution in [1.29, 1.82) is 0 Å². The molecule has 0 bridgehead atoms. The van der Waals surface area contributed by atoms with Gasteiger partial charge < -0.3 is 14.8 Å². The lowest BCUT2D eigenvalue weighted by molar-refractivity contribution is -0.125. The van der Waals surface area contributed by atoms with Gasteiger partial charge in [0.15, 0.2) is 5.17 Å². The van der Waals surface area contributed by atoms with E-state index in [4.69, 9.17) is 19.5 Å². The van der Waals surface area contributed by atoms with Crippen molar-refractivity contribution in [1.82, 2.24) is 4.90 Å². The molecule has 4 rings (SSSR count). The first-order valence-corrected chi connectivity index (χ1v) is 12.0. The van der Waals surface area contributed by atoms with E-state index in [9.17, 15) is 9.59 Å². The van der Waals surface area contributed by atoms with Crippen molar-refractivity contribution in [3.63, 3.8) is 0 Å². The van der Waals surface area contributed by atoms with Crippen molar-refractivity contribution in [3.8, 4) is 11.5 Å². The number of thioether (sulfide) groups is 1. The number of aliphatic imine (C=N–C) groups is 2. The topological polar surface area (TPSA) is 92.6 Å². The number of rotatable bonds is 7. The molecule has 2 aliphatic rings. The SMILES string of the molecule is COc1cc(NC(=O)C(C)SC2=Nc3ccccc3C3=NC(CC(C)C)C(=O)N23)cc(OC)c1. The predicted molar refractivity (Wildman–Crippen MR) is 135 cm³/mol. The molecule has 8 nitrogen and oxygen atoms in total. The third kappa shape index (κ3) is 4.79. The number of ether oxygens (including phenoxy) is 2. The Labute approximate surface area is 203 Å². The number of para-hydroxylation sites is 1. The quantitative estimate of drug-likeness (QED) is 0.631. The summed E-state index contributed by atoms with van der Waals surface area (Å²) in [5.74, 6) is 1.74. The van der Waals surface area contributed by atoms with Gasteiger partial charge in [0.2, 0.25) is 5.91 Å². The molecular formula is C25H28N4O4S. The van der Waals surface area contributed by atoms with Crippen LogP contribution in [0.15, 0.2) is 52.4 Å². The molecule has 2 atom stereocenters. The van der Waals surface area contributed by atoms with Gasteiger partial charge in [-0.3, -0.25) is 14.6 Å². The van der Waals surface area contributed by atoms with Crippen molar-refractivity contribution in [2.24, 2.45) is 15.9 Å². The monoisotopic (exact) mass is 480 g/mol. The van der Waals surface area contributed by atoms with Crippen LogP contribution in [-0.4, -0.2) is 53.2 Å². The van der Waals surface area contributed by atoms with Gasteiger partial charge in [-0.15, -0.1) is 0 Å². The minimum atomic E-state index is -0.528. The molecule has 2 unspecified atom stereocenters. The Morgan fingerprint density at radius 1 is 1.12 bits per heavy atom. The Bertz CT molecular complexity index is 1160. The maximum absolute atomic E-state index is 13.3.